The zero-order valence-electron chi connectivity index (χ0n) is 12.0. The van der Waals surface area contributed by atoms with E-state index in [9.17, 15) is 9.18 Å². The largest absolute Gasteiger partial charge is 0.323 e. The molecule has 23 heavy (non-hydrogen) atoms. The number of halogens is 2. The van der Waals surface area contributed by atoms with Gasteiger partial charge in [0.25, 0.3) is 0 Å². The van der Waals surface area contributed by atoms with Crippen LogP contribution in [0, 0.1) is 5.82 Å². The van der Waals surface area contributed by atoms with Crippen LogP contribution < -0.4 is 5.32 Å². The second-order valence-electron chi connectivity index (χ2n) is 4.78. The van der Waals surface area contributed by atoms with E-state index in [2.05, 4.69) is 31.4 Å². The van der Waals surface area contributed by atoms with Crippen LogP contribution in [0.15, 0.2) is 52.2 Å². The van der Waals surface area contributed by atoms with Crippen molar-refractivity contribution in [3.63, 3.8) is 0 Å². The molecular formula is C15H12BrFN4OS. The maximum absolute atomic E-state index is 13.8. The summed E-state index contributed by atoms with van der Waals surface area (Å²) in [5, 5.41) is 10.8. The normalized spacial score (nSPS) is 12.3. The minimum absolute atomic E-state index is 0.150. The van der Waals surface area contributed by atoms with Crippen LogP contribution in [0.4, 0.5) is 10.1 Å². The SMILES string of the molecule is CC(Sc1nnc2ccccn12)C(=O)Nc1ccc(Br)cc1F. The molecule has 2 heterocycles. The predicted octanol–water partition coefficient (Wildman–Crippen LogP) is 3.75. The maximum atomic E-state index is 13.8. The summed E-state index contributed by atoms with van der Waals surface area (Å²) in [6, 6.07) is 10.1. The van der Waals surface area contributed by atoms with E-state index < -0.39 is 11.1 Å². The van der Waals surface area contributed by atoms with Crippen LogP contribution in [0.3, 0.4) is 0 Å². The van der Waals surface area contributed by atoms with Gasteiger partial charge in [-0.3, -0.25) is 9.20 Å². The number of anilines is 1. The number of thioether (sulfide) groups is 1. The fraction of sp³-hybridized carbons (Fsp3) is 0.133. The van der Waals surface area contributed by atoms with Crippen molar-refractivity contribution in [3.8, 4) is 0 Å². The third-order valence-electron chi connectivity index (χ3n) is 3.12. The van der Waals surface area contributed by atoms with Crippen molar-refractivity contribution in [3.05, 3.63) is 52.9 Å². The van der Waals surface area contributed by atoms with Crippen molar-refractivity contribution in [2.75, 3.05) is 5.32 Å². The summed E-state index contributed by atoms with van der Waals surface area (Å²) in [7, 11) is 0. The van der Waals surface area contributed by atoms with Gasteiger partial charge in [0.1, 0.15) is 5.82 Å². The summed E-state index contributed by atoms with van der Waals surface area (Å²) in [5.74, 6) is -0.790. The predicted molar refractivity (Wildman–Crippen MR) is 91.0 cm³/mol. The number of fused-ring (bicyclic) bond motifs is 1. The Morgan fingerprint density at radius 1 is 1.35 bits per heavy atom. The number of hydrogen-bond donors (Lipinski definition) is 1. The lowest BCUT2D eigenvalue weighted by Gasteiger charge is -2.11. The van der Waals surface area contributed by atoms with Crippen LogP contribution in [0.2, 0.25) is 0 Å². The van der Waals surface area contributed by atoms with E-state index >= 15 is 0 Å². The van der Waals surface area contributed by atoms with Gasteiger partial charge in [-0.15, -0.1) is 10.2 Å². The molecule has 2 aromatic heterocycles. The van der Waals surface area contributed by atoms with E-state index in [-0.39, 0.29) is 11.6 Å². The molecule has 8 heteroatoms. The number of benzene rings is 1. The lowest BCUT2D eigenvalue weighted by atomic mass is 10.3. The number of nitrogens with zero attached hydrogens (tertiary/aromatic N) is 3. The minimum Gasteiger partial charge on any atom is -0.323 e. The Labute approximate surface area is 144 Å². The Bertz CT molecular complexity index is 870. The molecule has 1 unspecified atom stereocenters. The number of nitrogens with one attached hydrogen (secondary N) is 1. The molecule has 1 atom stereocenters. The van der Waals surface area contributed by atoms with Gasteiger partial charge in [-0.1, -0.05) is 33.8 Å². The average Bonchev–Trinajstić information content (AvgIpc) is 2.93. The molecule has 0 aliphatic rings. The Balaban J connectivity index is 1.72. The number of rotatable bonds is 4. The van der Waals surface area contributed by atoms with Crippen molar-refractivity contribution in [1.29, 1.82) is 0 Å². The van der Waals surface area contributed by atoms with Crippen molar-refractivity contribution in [1.82, 2.24) is 14.6 Å². The number of hydrogen-bond acceptors (Lipinski definition) is 4. The van der Waals surface area contributed by atoms with Crippen molar-refractivity contribution < 1.29 is 9.18 Å². The Morgan fingerprint density at radius 2 is 2.17 bits per heavy atom. The Kier molecular flexibility index (Phi) is 4.63. The quantitative estimate of drug-likeness (QED) is 0.684. The molecule has 0 aliphatic heterocycles. The topological polar surface area (TPSA) is 59.3 Å². The van der Waals surface area contributed by atoms with Gasteiger partial charge in [-0.25, -0.2) is 4.39 Å². The van der Waals surface area contributed by atoms with Gasteiger partial charge in [-0.2, -0.15) is 0 Å². The van der Waals surface area contributed by atoms with Crippen LogP contribution in [0.1, 0.15) is 6.92 Å². The molecule has 3 aromatic rings. The smallest absolute Gasteiger partial charge is 0.237 e. The molecule has 1 amide bonds. The van der Waals surface area contributed by atoms with E-state index in [1.54, 1.807) is 17.4 Å². The molecule has 1 aromatic carbocycles. The molecule has 0 fully saturated rings. The van der Waals surface area contributed by atoms with Crippen LogP contribution >= 0.6 is 27.7 Å². The zero-order chi connectivity index (χ0) is 16.4. The molecule has 0 aliphatic carbocycles. The van der Waals surface area contributed by atoms with E-state index in [1.165, 1.54) is 23.9 Å². The zero-order valence-corrected chi connectivity index (χ0v) is 14.4. The van der Waals surface area contributed by atoms with E-state index in [4.69, 9.17) is 0 Å². The van der Waals surface area contributed by atoms with Gasteiger partial charge in [0.05, 0.1) is 10.9 Å². The summed E-state index contributed by atoms with van der Waals surface area (Å²) < 4.78 is 16.2. The van der Waals surface area contributed by atoms with E-state index in [1.807, 2.05) is 24.4 Å². The van der Waals surface area contributed by atoms with Crippen LogP contribution in [-0.2, 0) is 4.79 Å². The first-order chi connectivity index (χ1) is 11.0. The monoisotopic (exact) mass is 394 g/mol. The van der Waals surface area contributed by atoms with Crippen molar-refractivity contribution in [2.24, 2.45) is 0 Å². The second kappa shape index (κ2) is 6.67. The highest BCUT2D eigenvalue weighted by molar-refractivity contribution is 9.10. The Hall–Kier alpha value is -1.93. The molecule has 1 N–H and O–H groups in total. The molecule has 5 nitrogen and oxygen atoms in total. The highest BCUT2D eigenvalue weighted by Gasteiger charge is 2.19. The van der Waals surface area contributed by atoms with Gasteiger partial charge >= 0.3 is 0 Å². The Morgan fingerprint density at radius 3 is 2.96 bits per heavy atom. The molecule has 0 saturated heterocycles. The molecule has 3 rings (SSSR count). The molecular weight excluding hydrogens is 383 g/mol. The van der Waals surface area contributed by atoms with Gasteiger partial charge in [0.2, 0.25) is 5.91 Å². The van der Waals surface area contributed by atoms with Crippen LogP contribution in [0.25, 0.3) is 5.65 Å². The molecule has 0 spiro atoms. The van der Waals surface area contributed by atoms with E-state index in [0.29, 0.717) is 15.3 Å². The first-order valence-electron chi connectivity index (χ1n) is 6.77. The van der Waals surface area contributed by atoms with Crippen LogP contribution in [0.5, 0.6) is 0 Å². The summed E-state index contributed by atoms with van der Waals surface area (Å²) in [6.45, 7) is 1.74. The van der Waals surface area contributed by atoms with Gasteiger partial charge in [0.15, 0.2) is 10.8 Å². The summed E-state index contributed by atoms with van der Waals surface area (Å²) in [5.41, 5.74) is 0.860. The fourth-order valence-electron chi connectivity index (χ4n) is 1.94. The second-order valence-corrected chi connectivity index (χ2v) is 7.01. The van der Waals surface area contributed by atoms with E-state index in [0.717, 1.165) is 0 Å². The number of carbonyl (C=O) groups excluding carboxylic acids is 1. The van der Waals surface area contributed by atoms with Crippen molar-refractivity contribution in [2.45, 2.75) is 17.3 Å². The number of pyridine rings is 1. The molecule has 0 radical (unpaired) electrons. The standard InChI is InChI=1S/C15H12BrFN4OS/c1-9(14(22)18-12-6-5-10(16)8-11(12)17)23-15-20-19-13-4-2-3-7-21(13)15/h2-9H,1H3,(H,18,22). The lowest BCUT2D eigenvalue weighted by Crippen LogP contribution is -2.23. The maximum Gasteiger partial charge on any atom is 0.237 e. The first kappa shape index (κ1) is 15.9. The highest BCUT2D eigenvalue weighted by Crippen LogP contribution is 2.24. The number of aromatic nitrogens is 3. The lowest BCUT2D eigenvalue weighted by molar-refractivity contribution is -0.115. The summed E-state index contributed by atoms with van der Waals surface area (Å²) >= 11 is 4.44. The van der Waals surface area contributed by atoms with Gasteiger partial charge < -0.3 is 5.32 Å². The summed E-state index contributed by atoms with van der Waals surface area (Å²) in [6.07, 6.45) is 1.83. The number of carbonyl (C=O) groups is 1. The average molecular weight is 395 g/mol. The molecule has 0 saturated carbocycles. The minimum atomic E-state index is -0.488. The van der Waals surface area contributed by atoms with Crippen LogP contribution in [-0.4, -0.2) is 25.8 Å². The number of amides is 1. The highest BCUT2D eigenvalue weighted by atomic mass is 79.9. The molecule has 118 valence electrons. The third kappa shape index (κ3) is 3.53. The molecule has 0 bridgehead atoms. The fourth-order valence-corrected chi connectivity index (χ4v) is 3.11. The van der Waals surface area contributed by atoms with Crippen molar-refractivity contribution >= 4 is 44.9 Å². The third-order valence-corrected chi connectivity index (χ3v) is 4.67. The van der Waals surface area contributed by atoms with Gasteiger partial charge in [0, 0.05) is 10.7 Å². The first-order valence-corrected chi connectivity index (χ1v) is 8.44. The summed E-state index contributed by atoms with van der Waals surface area (Å²) in [4.78, 5) is 12.2. The van der Waals surface area contributed by atoms with Gasteiger partial charge in [-0.05, 0) is 37.3 Å².